The Morgan fingerprint density at radius 2 is 1.81 bits per heavy atom. The van der Waals surface area contributed by atoms with Crippen molar-refractivity contribution in [1.29, 1.82) is 0 Å². The molecule has 0 amide bonds. The zero-order valence-corrected chi connectivity index (χ0v) is 12.4. The summed E-state index contributed by atoms with van der Waals surface area (Å²) in [4.78, 5) is 0. The van der Waals surface area contributed by atoms with Gasteiger partial charge in [-0.3, -0.25) is 0 Å². The predicted octanol–water partition coefficient (Wildman–Crippen LogP) is 4.05. The zero-order chi connectivity index (χ0) is 14.8. The summed E-state index contributed by atoms with van der Waals surface area (Å²) >= 11 is 7.28. The fourth-order valence-corrected chi connectivity index (χ4v) is 3.12. The first kappa shape index (κ1) is 14.1. The second-order valence-corrected chi connectivity index (χ2v) is 5.82. The molecule has 0 radical (unpaired) electrons. The first-order chi connectivity index (χ1) is 10.2. The molecule has 2 N–H and O–H groups in total. The summed E-state index contributed by atoms with van der Waals surface area (Å²) in [7, 11) is 0. The van der Waals surface area contributed by atoms with Gasteiger partial charge in [0.2, 0.25) is 0 Å². The number of halogens is 2. The van der Waals surface area contributed by atoms with Gasteiger partial charge in [0.25, 0.3) is 0 Å². The molecule has 3 aromatic rings. The van der Waals surface area contributed by atoms with Crippen molar-refractivity contribution in [3.63, 3.8) is 0 Å². The normalized spacial score (nSPS) is 12.3. The number of hydrogen-bond donors (Lipinski definition) is 1. The summed E-state index contributed by atoms with van der Waals surface area (Å²) in [6.07, 6.45) is 0. The molecule has 0 aliphatic rings. The van der Waals surface area contributed by atoms with Gasteiger partial charge in [0.15, 0.2) is 0 Å². The highest BCUT2D eigenvalue weighted by molar-refractivity contribution is 7.14. The van der Waals surface area contributed by atoms with Crippen molar-refractivity contribution in [2.45, 2.75) is 6.04 Å². The summed E-state index contributed by atoms with van der Waals surface area (Å²) in [5, 5.41) is 9.44. The Balaban J connectivity index is 1.95. The summed E-state index contributed by atoms with van der Waals surface area (Å²) in [6, 6.07) is 13.9. The van der Waals surface area contributed by atoms with E-state index in [0.29, 0.717) is 15.6 Å². The van der Waals surface area contributed by atoms with Crippen molar-refractivity contribution >= 4 is 22.9 Å². The van der Waals surface area contributed by atoms with Crippen LogP contribution in [0, 0.1) is 5.82 Å². The van der Waals surface area contributed by atoms with Gasteiger partial charge < -0.3 is 5.73 Å². The molecule has 0 aliphatic heterocycles. The first-order valence-electron chi connectivity index (χ1n) is 6.25. The minimum absolute atomic E-state index is 0.0495. The Morgan fingerprint density at radius 3 is 2.57 bits per heavy atom. The molecule has 0 fully saturated rings. The van der Waals surface area contributed by atoms with Crippen LogP contribution in [-0.4, -0.2) is 10.2 Å². The van der Waals surface area contributed by atoms with Crippen LogP contribution in [0.25, 0.3) is 10.6 Å². The predicted molar refractivity (Wildman–Crippen MR) is 82.8 cm³/mol. The van der Waals surface area contributed by atoms with Crippen LogP contribution in [0.15, 0.2) is 48.5 Å². The molecule has 3 rings (SSSR count). The lowest BCUT2D eigenvalue weighted by molar-refractivity contribution is 0.628. The number of benzene rings is 2. The van der Waals surface area contributed by atoms with Crippen molar-refractivity contribution in [2.24, 2.45) is 5.73 Å². The lowest BCUT2D eigenvalue weighted by Gasteiger charge is -2.07. The van der Waals surface area contributed by atoms with E-state index in [1.54, 1.807) is 12.1 Å². The van der Waals surface area contributed by atoms with Crippen LogP contribution < -0.4 is 5.73 Å². The van der Waals surface area contributed by atoms with E-state index < -0.39 is 5.82 Å². The molecule has 1 heterocycles. The Bertz CT molecular complexity index is 761. The molecular weight excluding hydrogens is 309 g/mol. The maximum absolute atomic E-state index is 13.5. The molecule has 2 aromatic carbocycles. The fourth-order valence-electron chi connectivity index (χ4n) is 1.94. The third-order valence-electron chi connectivity index (χ3n) is 3.05. The topological polar surface area (TPSA) is 51.8 Å². The first-order valence-corrected chi connectivity index (χ1v) is 7.44. The van der Waals surface area contributed by atoms with Gasteiger partial charge in [-0.15, -0.1) is 10.2 Å². The van der Waals surface area contributed by atoms with Crippen molar-refractivity contribution in [1.82, 2.24) is 10.2 Å². The SMILES string of the molecule is NC(c1ccccc1)c1nnc(-c2cccc(F)c2Cl)s1. The van der Waals surface area contributed by atoms with Gasteiger partial charge in [0.05, 0.1) is 11.1 Å². The molecule has 21 heavy (non-hydrogen) atoms. The Labute approximate surface area is 130 Å². The average Bonchev–Trinajstić information content (AvgIpc) is 3.00. The van der Waals surface area contributed by atoms with Crippen molar-refractivity contribution in [2.75, 3.05) is 0 Å². The molecule has 0 aliphatic carbocycles. The standard InChI is InChI=1S/C15H11ClFN3S/c16-12-10(7-4-8-11(12)17)14-19-20-15(21-14)13(18)9-5-2-1-3-6-9/h1-8,13H,18H2. The Hall–Kier alpha value is -1.82. The molecule has 0 spiro atoms. The number of nitrogens with zero attached hydrogens (tertiary/aromatic N) is 2. The van der Waals surface area contributed by atoms with Crippen LogP contribution in [0.4, 0.5) is 4.39 Å². The highest BCUT2D eigenvalue weighted by Gasteiger charge is 2.17. The second-order valence-electron chi connectivity index (χ2n) is 4.44. The largest absolute Gasteiger partial charge is 0.318 e. The third-order valence-corrected chi connectivity index (χ3v) is 4.47. The summed E-state index contributed by atoms with van der Waals surface area (Å²) in [5.74, 6) is -0.474. The van der Waals surface area contributed by atoms with E-state index in [4.69, 9.17) is 17.3 Å². The summed E-state index contributed by atoms with van der Waals surface area (Å²) in [6.45, 7) is 0. The lowest BCUT2D eigenvalue weighted by atomic mass is 10.1. The molecule has 0 saturated heterocycles. The highest BCUT2D eigenvalue weighted by atomic mass is 35.5. The molecule has 106 valence electrons. The second kappa shape index (κ2) is 5.89. The number of hydrogen-bond acceptors (Lipinski definition) is 4. The molecule has 1 unspecified atom stereocenters. The quantitative estimate of drug-likeness (QED) is 0.792. The van der Waals surface area contributed by atoms with Gasteiger partial charge in [-0.05, 0) is 11.6 Å². The maximum atomic E-state index is 13.5. The molecule has 1 aromatic heterocycles. The number of nitrogens with two attached hydrogens (primary N) is 1. The van der Waals surface area contributed by atoms with E-state index in [0.717, 1.165) is 5.56 Å². The maximum Gasteiger partial charge on any atom is 0.149 e. The third kappa shape index (κ3) is 2.81. The van der Waals surface area contributed by atoms with Gasteiger partial charge in [-0.2, -0.15) is 0 Å². The number of rotatable bonds is 3. The van der Waals surface area contributed by atoms with E-state index in [1.165, 1.54) is 17.4 Å². The average molecular weight is 320 g/mol. The minimum atomic E-state index is -0.474. The zero-order valence-electron chi connectivity index (χ0n) is 10.8. The molecule has 0 bridgehead atoms. The van der Waals surface area contributed by atoms with Gasteiger partial charge in [0, 0.05) is 5.56 Å². The van der Waals surface area contributed by atoms with Crippen LogP contribution >= 0.6 is 22.9 Å². The van der Waals surface area contributed by atoms with Crippen LogP contribution in [0.1, 0.15) is 16.6 Å². The molecule has 6 heteroatoms. The van der Waals surface area contributed by atoms with E-state index in [-0.39, 0.29) is 11.1 Å². The van der Waals surface area contributed by atoms with Crippen molar-refractivity contribution < 1.29 is 4.39 Å². The van der Waals surface area contributed by atoms with Crippen molar-refractivity contribution in [3.8, 4) is 10.6 Å². The van der Waals surface area contributed by atoms with E-state index in [1.807, 2.05) is 30.3 Å². The van der Waals surface area contributed by atoms with Crippen LogP contribution in [0.5, 0.6) is 0 Å². The summed E-state index contributed by atoms with van der Waals surface area (Å²) < 4.78 is 13.5. The van der Waals surface area contributed by atoms with E-state index >= 15 is 0 Å². The van der Waals surface area contributed by atoms with E-state index in [9.17, 15) is 4.39 Å². The highest BCUT2D eigenvalue weighted by Crippen LogP contribution is 2.34. The minimum Gasteiger partial charge on any atom is -0.318 e. The smallest absolute Gasteiger partial charge is 0.149 e. The fraction of sp³-hybridized carbons (Fsp3) is 0.0667. The molecular formula is C15H11ClFN3S. The van der Waals surface area contributed by atoms with Gasteiger partial charge in [0.1, 0.15) is 15.8 Å². The lowest BCUT2D eigenvalue weighted by Crippen LogP contribution is -2.11. The van der Waals surface area contributed by atoms with Gasteiger partial charge in [-0.1, -0.05) is 65.4 Å². The number of aromatic nitrogens is 2. The Morgan fingerprint density at radius 1 is 1.05 bits per heavy atom. The molecule has 0 saturated carbocycles. The summed E-state index contributed by atoms with van der Waals surface area (Å²) in [5.41, 5.74) is 7.65. The Kier molecular flexibility index (Phi) is 3.96. The van der Waals surface area contributed by atoms with Crippen molar-refractivity contribution in [3.05, 3.63) is 69.9 Å². The monoisotopic (exact) mass is 319 g/mol. The van der Waals surface area contributed by atoms with Crippen LogP contribution in [-0.2, 0) is 0 Å². The molecule has 3 nitrogen and oxygen atoms in total. The van der Waals surface area contributed by atoms with Gasteiger partial charge >= 0.3 is 0 Å². The molecule has 1 atom stereocenters. The van der Waals surface area contributed by atoms with Gasteiger partial charge in [-0.25, -0.2) is 4.39 Å². The van der Waals surface area contributed by atoms with Crippen LogP contribution in [0.2, 0.25) is 5.02 Å². The van der Waals surface area contributed by atoms with Crippen LogP contribution in [0.3, 0.4) is 0 Å². The van der Waals surface area contributed by atoms with E-state index in [2.05, 4.69) is 10.2 Å².